The van der Waals surface area contributed by atoms with E-state index in [1.807, 2.05) is 0 Å². The lowest BCUT2D eigenvalue weighted by atomic mass is 10.2. The van der Waals surface area contributed by atoms with Crippen LogP contribution in [0.15, 0.2) is 0 Å². The first-order chi connectivity index (χ1) is 10.9. The van der Waals surface area contributed by atoms with Crippen LogP contribution >= 0.6 is 22.6 Å². The average molecular weight is 454 g/mol. The van der Waals surface area contributed by atoms with E-state index in [-0.39, 0.29) is 13.2 Å². The van der Waals surface area contributed by atoms with Crippen LogP contribution in [0.2, 0.25) is 0 Å². The molecule has 0 unspecified atom stereocenters. The third-order valence-corrected chi connectivity index (χ3v) is 2.87. The van der Waals surface area contributed by atoms with E-state index in [0.717, 1.165) is 4.43 Å². The number of carbonyl (C=O) groups excluding carboxylic acids is 1. The van der Waals surface area contributed by atoms with Gasteiger partial charge in [0.25, 0.3) is 0 Å². The standard InChI is InChI=1S/C13H12F5IO4/c14-8-9(15)11(17)13(12(18)10(8)16)23-7(20)1-3-21-5-6-22-4-2-19/h1-6H2. The fourth-order valence-corrected chi connectivity index (χ4v) is 1.68. The van der Waals surface area contributed by atoms with Crippen molar-refractivity contribution in [2.75, 3.05) is 30.9 Å². The summed E-state index contributed by atoms with van der Waals surface area (Å²) < 4.78 is 80.3. The molecular weight excluding hydrogens is 442 g/mol. The van der Waals surface area contributed by atoms with Crippen LogP contribution in [0.5, 0.6) is 5.75 Å². The van der Waals surface area contributed by atoms with E-state index in [1.54, 1.807) is 0 Å². The zero-order valence-corrected chi connectivity index (χ0v) is 13.8. The van der Waals surface area contributed by atoms with Crippen LogP contribution in [0.3, 0.4) is 0 Å². The van der Waals surface area contributed by atoms with Crippen LogP contribution in [-0.4, -0.2) is 36.8 Å². The second-order valence-electron chi connectivity index (χ2n) is 4.04. The Balaban J connectivity index is 2.49. The summed E-state index contributed by atoms with van der Waals surface area (Å²) in [6, 6.07) is 0. The maximum atomic E-state index is 13.3. The number of rotatable bonds is 9. The molecule has 4 nitrogen and oxygen atoms in total. The molecule has 0 radical (unpaired) electrons. The molecule has 0 N–H and O–H groups in total. The molecule has 1 rings (SSSR count). The van der Waals surface area contributed by atoms with Crippen LogP contribution < -0.4 is 4.74 Å². The van der Waals surface area contributed by atoms with E-state index in [9.17, 15) is 26.7 Å². The van der Waals surface area contributed by atoms with Crippen molar-refractivity contribution in [3.8, 4) is 5.75 Å². The van der Waals surface area contributed by atoms with Crippen LogP contribution in [-0.2, 0) is 14.3 Å². The minimum Gasteiger partial charge on any atom is -0.420 e. The first-order valence-corrected chi connectivity index (χ1v) is 7.86. The van der Waals surface area contributed by atoms with E-state index in [4.69, 9.17) is 9.47 Å². The predicted molar refractivity (Wildman–Crippen MR) is 77.0 cm³/mol. The van der Waals surface area contributed by atoms with Gasteiger partial charge in [-0.05, 0) is 0 Å². The normalized spacial score (nSPS) is 10.9. The Bertz CT molecular complexity index is 527. The fourth-order valence-electron chi connectivity index (χ4n) is 1.37. The number of ether oxygens (including phenoxy) is 3. The van der Waals surface area contributed by atoms with Crippen molar-refractivity contribution in [2.45, 2.75) is 6.42 Å². The highest BCUT2D eigenvalue weighted by Gasteiger charge is 2.28. The molecule has 0 heterocycles. The first-order valence-electron chi connectivity index (χ1n) is 6.33. The highest BCUT2D eigenvalue weighted by molar-refractivity contribution is 14.1. The van der Waals surface area contributed by atoms with Crippen molar-refractivity contribution < 1.29 is 41.0 Å². The Morgan fingerprint density at radius 1 is 0.783 bits per heavy atom. The second-order valence-corrected chi connectivity index (χ2v) is 5.12. The lowest BCUT2D eigenvalue weighted by molar-refractivity contribution is -0.136. The minimum absolute atomic E-state index is 0.151. The number of halogens is 6. The molecule has 130 valence electrons. The van der Waals surface area contributed by atoms with Gasteiger partial charge in [0.2, 0.25) is 34.8 Å². The molecule has 1 aromatic carbocycles. The van der Waals surface area contributed by atoms with Crippen LogP contribution in [0.1, 0.15) is 6.42 Å². The number of benzene rings is 1. The maximum Gasteiger partial charge on any atom is 0.313 e. The summed E-state index contributed by atoms with van der Waals surface area (Å²) in [5.74, 6) is -13.9. The van der Waals surface area contributed by atoms with Gasteiger partial charge in [0.15, 0.2) is 0 Å². The fraction of sp³-hybridized carbons (Fsp3) is 0.462. The SMILES string of the molecule is O=C(CCOCCOCCI)Oc1c(F)c(F)c(F)c(F)c1F. The highest BCUT2D eigenvalue weighted by Crippen LogP contribution is 2.29. The van der Waals surface area contributed by atoms with E-state index < -0.39 is 47.2 Å². The van der Waals surface area contributed by atoms with Gasteiger partial charge in [-0.2, -0.15) is 8.78 Å². The maximum absolute atomic E-state index is 13.3. The molecule has 0 saturated heterocycles. The topological polar surface area (TPSA) is 44.8 Å². The quantitative estimate of drug-likeness (QED) is 0.0841. The number of hydrogen-bond donors (Lipinski definition) is 0. The number of alkyl halides is 1. The summed E-state index contributed by atoms with van der Waals surface area (Å²) in [6.07, 6.45) is -0.425. The van der Waals surface area contributed by atoms with E-state index in [2.05, 4.69) is 27.3 Å². The highest BCUT2D eigenvalue weighted by atomic mass is 127. The molecule has 0 aromatic heterocycles. The molecule has 0 fully saturated rings. The monoisotopic (exact) mass is 454 g/mol. The summed E-state index contributed by atoms with van der Waals surface area (Å²) in [5, 5.41) is 0. The molecule has 0 amide bonds. The van der Waals surface area contributed by atoms with E-state index in [0.29, 0.717) is 13.2 Å². The molecule has 0 bridgehead atoms. The molecule has 0 aliphatic heterocycles. The number of esters is 1. The molecule has 0 spiro atoms. The number of carbonyl (C=O) groups is 1. The van der Waals surface area contributed by atoms with Crippen molar-refractivity contribution in [1.82, 2.24) is 0 Å². The van der Waals surface area contributed by atoms with Gasteiger partial charge in [0, 0.05) is 4.43 Å². The zero-order chi connectivity index (χ0) is 17.4. The van der Waals surface area contributed by atoms with Gasteiger partial charge in [-0.1, -0.05) is 22.6 Å². The van der Waals surface area contributed by atoms with Crippen LogP contribution in [0, 0.1) is 29.1 Å². The molecular formula is C13H12F5IO4. The Kier molecular flexibility index (Phi) is 8.69. The first kappa shape index (κ1) is 20.0. The van der Waals surface area contributed by atoms with Crippen molar-refractivity contribution in [2.24, 2.45) is 0 Å². The van der Waals surface area contributed by atoms with Gasteiger partial charge >= 0.3 is 5.97 Å². The summed E-state index contributed by atoms with van der Waals surface area (Å²) in [7, 11) is 0. The Labute approximate surface area is 142 Å². The Morgan fingerprint density at radius 3 is 1.78 bits per heavy atom. The molecule has 0 atom stereocenters. The molecule has 0 saturated carbocycles. The van der Waals surface area contributed by atoms with Gasteiger partial charge < -0.3 is 14.2 Å². The molecule has 0 aliphatic carbocycles. The lowest BCUT2D eigenvalue weighted by Crippen LogP contribution is -2.16. The van der Waals surface area contributed by atoms with Gasteiger partial charge in [0.1, 0.15) is 0 Å². The van der Waals surface area contributed by atoms with Gasteiger partial charge in [0.05, 0.1) is 32.8 Å². The largest absolute Gasteiger partial charge is 0.420 e. The van der Waals surface area contributed by atoms with Crippen molar-refractivity contribution in [3.63, 3.8) is 0 Å². The van der Waals surface area contributed by atoms with E-state index in [1.165, 1.54) is 0 Å². The van der Waals surface area contributed by atoms with Crippen LogP contribution in [0.25, 0.3) is 0 Å². The van der Waals surface area contributed by atoms with Crippen molar-refractivity contribution in [1.29, 1.82) is 0 Å². The summed E-state index contributed by atoms with van der Waals surface area (Å²) in [4.78, 5) is 11.4. The third-order valence-electron chi connectivity index (χ3n) is 2.43. The third kappa shape index (κ3) is 5.84. The van der Waals surface area contributed by atoms with Crippen LogP contribution in [0.4, 0.5) is 22.0 Å². The Morgan fingerprint density at radius 2 is 1.26 bits per heavy atom. The molecule has 0 aliphatic rings. The van der Waals surface area contributed by atoms with Gasteiger partial charge in [-0.15, -0.1) is 0 Å². The predicted octanol–water partition coefficient (Wildman–Crippen LogP) is 3.15. The van der Waals surface area contributed by atoms with E-state index >= 15 is 0 Å². The molecule has 1 aromatic rings. The minimum atomic E-state index is -2.32. The second kappa shape index (κ2) is 9.98. The smallest absolute Gasteiger partial charge is 0.313 e. The summed E-state index contributed by atoms with van der Waals surface area (Å²) in [6.45, 7) is 0.885. The number of hydrogen-bond acceptors (Lipinski definition) is 4. The van der Waals surface area contributed by atoms with Crippen molar-refractivity contribution in [3.05, 3.63) is 29.1 Å². The zero-order valence-electron chi connectivity index (χ0n) is 11.6. The Hall–Kier alpha value is -1.01. The van der Waals surface area contributed by atoms with Gasteiger partial charge in [-0.25, -0.2) is 13.2 Å². The lowest BCUT2D eigenvalue weighted by Gasteiger charge is -2.09. The molecule has 10 heteroatoms. The van der Waals surface area contributed by atoms with Gasteiger partial charge in [-0.3, -0.25) is 4.79 Å². The summed E-state index contributed by atoms with van der Waals surface area (Å²) in [5.41, 5.74) is 0. The summed E-state index contributed by atoms with van der Waals surface area (Å²) >= 11 is 2.12. The average Bonchev–Trinajstić information content (AvgIpc) is 2.54. The molecule has 23 heavy (non-hydrogen) atoms. The van der Waals surface area contributed by atoms with Crippen molar-refractivity contribution >= 4 is 28.6 Å².